The number of amides is 2. The number of benzene rings is 1. The number of hydrogen-bond acceptors (Lipinski definition) is 2. The Morgan fingerprint density at radius 3 is 2.48 bits per heavy atom. The van der Waals surface area contributed by atoms with E-state index in [1.165, 1.54) is 18.5 Å². The minimum absolute atomic E-state index is 0.110. The molecule has 0 unspecified atom stereocenters. The van der Waals surface area contributed by atoms with Gasteiger partial charge in [-0.3, -0.25) is 0 Å². The fraction of sp³-hybridized carbons (Fsp3) is 0.588. The molecule has 0 spiro atoms. The van der Waals surface area contributed by atoms with E-state index < -0.39 is 0 Å². The normalized spacial score (nSPS) is 15.4. The third kappa shape index (κ3) is 5.29. The number of nitrogens with zero attached hydrogens (tertiary/aromatic N) is 2. The molecule has 1 heterocycles. The van der Waals surface area contributed by atoms with Gasteiger partial charge >= 0.3 is 6.03 Å². The van der Waals surface area contributed by atoms with E-state index in [0.717, 1.165) is 45.4 Å². The zero-order chi connectivity index (χ0) is 14.9. The van der Waals surface area contributed by atoms with Gasteiger partial charge in [-0.2, -0.15) is 0 Å². The van der Waals surface area contributed by atoms with Crippen molar-refractivity contribution in [2.45, 2.75) is 32.1 Å². The summed E-state index contributed by atoms with van der Waals surface area (Å²) in [5, 5.41) is 3.05. The maximum atomic E-state index is 12.1. The molecule has 1 saturated heterocycles. The van der Waals surface area contributed by atoms with E-state index in [2.05, 4.69) is 29.4 Å². The summed E-state index contributed by atoms with van der Waals surface area (Å²) in [6.45, 7) is 3.52. The Hall–Kier alpha value is -1.71. The zero-order valence-electron chi connectivity index (χ0n) is 13.1. The Kier molecular flexibility index (Phi) is 6.38. The van der Waals surface area contributed by atoms with Crippen molar-refractivity contribution < 1.29 is 4.79 Å². The molecule has 2 amide bonds. The molecule has 0 bridgehead atoms. The molecule has 0 aromatic heterocycles. The Morgan fingerprint density at radius 2 is 1.81 bits per heavy atom. The van der Waals surface area contributed by atoms with Crippen molar-refractivity contribution in [3.8, 4) is 0 Å². The molecule has 0 aliphatic carbocycles. The summed E-state index contributed by atoms with van der Waals surface area (Å²) < 4.78 is 0. The van der Waals surface area contributed by atoms with Gasteiger partial charge < -0.3 is 15.1 Å². The predicted octanol–water partition coefficient (Wildman–Crippen LogP) is 3.10. The smallest absolute Gasteiger partial charge is 0.317 e. The molecule has 4 heteroatoms. The maximum absolute atomic E-state index is 12.1. The van der Waals surface area contributed by atoms with Crippen LogP contribution < -0.4 is 10.2 Å². The molecule has 0 atom stereocenters. The fourth-order valence-corrected chi connectivity index (χ4v) is 2.71. The molecule has 0 saturated carbocycles. The first-order chi connectivity index (χ1) is 10.3. The third-order valence-corrected chi connectivity index (χ3v) is 4.04. The van der Waals surface area contributed by atoms with Crippen LogP contribution in [0.2, 0.25) is 0 Å². The number of rotatable bonds is 5. The van der Waals surface area contributed by atoms with Gasteiger partial charge in [-0.15, -0.1) is 0 Å². The van der Waals surface area contributed by atoms with Gasteiger partial charge in [0.25, 0.3) is 0 Å². The minimum atomic E-state index is 0.110. The SMILES string of the molecule is CN(CCCNC(=O)N1CCCCCC1)c1ccccc1. The fourth-order valence-electron chi connectivity index (χ4n) is 2.71. The van der Waals surface area contributed by atoms with Gasteiger partial charge in [0.1, 0.15) is 0 Å². The Bertz CT molecular complexity index is 413. The molecule has 2 rings (SSSR count). The quantitative estimate of drug-likeness (QED) is 0.845. The van der Waals surface area contributed by atoms with Crippen LogP contribution in [-0.4, -0.2) is 44.2 Å². The van der Waals surface area contributed by atoms with Crippen molar-refractivity contribution in [3.63, 3.8) is 0 Å². The Balaban J connectivity index is 1.63. The monoisotopic (exact) mass is 289 g/mol. The summed E-state index contributed by atoms with van der Waals surface area (Å²) in [4.78, 5) is 16.3. The lowest BCUT2D eigenvalue weighted by Crippen LogP contribution is -2.41. The van der Waals surface area contributed by atoms with Crippen molar-refractivity contribution in [2.75, 3.05) is 38.1 Å². The second-order valence-corrected chi connectivity index (χ2v) is 5.74. The van der Waals surface area contributed by atoms with Gasteiger partial charge in [0.15, 0.2) is 0 Å². The van der Waals surface area contributed by atoms with E-state index in [-0.39, 0.29) is 6.03 Å². The van der Waals surface area contributed by atoms with Crippen LogP contribution in [0, 0.1) is 0 Å². The predicted molar refractivity (Wildman–Crippen MR) is 87.8 cm³/mol. The topological polar surface area (TPSA) is 35.6 Å². The zero-order valence-corrected chi connectivity index (χ0v) is 13.1. The van der Waals surface area contributed by atoms with Crippen molar-refractivity contribution >= 4 is 11.7 Å². The highest BCUT2D eigenvalue weighted by atomic mass is 16.2. The summed E-state index contributed by atoms with van der Waals surface area (Å²) in [6, 6.07) is 10.4. The van der Waals surface area contributed by atoms with Crippen LogP contribution in [0.15, 0.2) is 30.3 Å². The van der Waals surface area contributed by atoms with E-state index in [4.69, 9.17) is 0 Å². The Morgan fingerprint density at radius 1 is 1.14 bits per heavy atom. The molecule has 1 aliphatic rings. The van der Waals surface area contributed by atoms with Crippen molar-refractivity contribution in [2.24, 2.45) is 0 Å². The number of carbonyl (C=O) groups is 1. The summed E-state index contributed by atoms with van der Waals surface area (Å²) in [5.74, 6) is 0. The van der Waals surface area contributed by atoms with E-state index in [9.17, 15) is 4.79 Å². The first-order valence-corrected chi connectivity index (χ1v) is 8.06. The van der Waals surface area contributed by atoms with Crippen LogP contribution in [-0.2, 0) is 0 Å². The molecule has 1 fully saturated rings. The molecular weight excluding hydrogens is 262 g/mol. The van der Waals surface area contributed by atoms with Crippen LogP contribution in [0.3, 0.4) is 0 Å². The van der Waals surface area contributed by atoms with Crippen LogP contribution in [0.25, 0.3) is 0 Å². The highest BCUT2D eigenvalue weighted by molar-refractivity contribution is 5.74. The molecule has 4 nitrogen and oxygen atoms in total. The van der Waals surface area contributed by atoms with Crippen molar-refractivity contribution in [3.05, 3.63) is 30.3 Å². The molecule has 116 valence electrons. The van der Waals surface area contributed by atoms with E-state index in [1.807, 2.05) is 23.1 Å². The van der Waals surface area contributed by atoms with Gasteiger partial charge in [-0.25, -0.2) is 4.79 Å². The van der Waals surface area contributed by atoms with Crippen LogP contribution in [0.5, 0.6) is 0 Å². The van der Waals surface area contributed by atoms with Crippen LogP contribution in [0.4, 0.5) is 10.5 Å². The summed E-state index contributed by atoms with van der Waals surface area (Å²) in [5.41, 5.74) is 1.22. The first kappa shape index (κ1) is 15.7. The number of anilines is 1. The molecule has 0 radical (unpaired) electrons. The van der Waals surface area contributed by atoms with Gasteiger partial charge in [0.2, 0.25) is 0 Å². The lowest BCUT2D eigenvalue weighted by Gasteiger charge is -2.22. The molecule has 1 aromatic rings. The van der Waals surface area contributed by atoms with Crippen molar-refractivity contribution in [1.29, 1.82) is 0 Å². The number of likely N-dealkylation sites (tertiary alicyclic amines) is 1. The average Bonchev–Trinajstić information content (AvgIpc) is 2.81. The van der Waals surface area contributed by atoms with Crippen LogP contribution >= 0.6 is 0 Å². The average molecular weight is 289 g/mol. The third-order valence-electron chi connectivity index (χ3n) is 4.04. The standard InChI is InChI=1S/C17H27N3O/c1-19(16-10-5-4-6-11-16)13-9-12-18-17(21)20-14-7-2-3-8-15-20/h4-6,10-11H,2-3,7-9,12-15H2,1H3,(H,18,21). The summed E-state index contributed by atoms with van der Waals surface area (Å²) >= 11 is 0. The van der Waals surface area contributed by atoms with Gasteiger partial charge in [-0.1, -0.05) is 31.0 Å². The van der Waals surface area contributed by atoms with Gasteiger partial charge in [0, 0.05) is 38.9 Å². The molecule has 21 heavy (non-hydrogen) atoms. The molecule has 1 aliphatic heterocycles. The second kappa shape index (κ2) is 8.55. The van der Waals surface area contributed by atoms with E-state index in [1.54, 1.807) is 0 Å². The summed E-state index contributed by atoms with van der Waals surface area (Å²) in [7, 11) is 2.09. The number of para-hydroxylation sites is 1. The van der Waals surface area contributed by atoms with Gasteiger partial charge in [0.05, 0.1) is 0 Å². The highest BCUT2D eigenvalue weighted by Crippen LogP contribution is 2.11. The van der Waals surface area contributed by atoms with E-state index >= 15 is 0 Å². The largest absolute Gasteiger partial charge is 0.375 e. The van der Waals surface area contributed by atoms with Crippen LogP contribution in [0.1, 0.15) is 32.1 Å². The highest BCUT2D eigenvalue weighted by Gasteiger charge is 2.14. The Labute approximate surface area is 128 Å². The number of hydrogen-bond donors (Lipinski definition) is 1. The lowest BCUT2D eigenvalue weighted by atomic mass is 10.2. The number of carbonyl (C=O) groups excluding carboxylic acids is 1. The lowest BCUT2D eigenvalue weighted by molar-refractivity contribution is 0.200. The van der Waals surface area contributed by atoms with E-state index in [0.29, 0.717) is 0 Å². The molecule has 1 aromatic carbocycles. The minimum Gasteiger partial charge on any atom is -0.375 e. The van der Waals surface area contributed by atoms with Gasteiger partial charge in [-0.05, 0) is 31.4 Å². The first-order valence-electron chi connectivity index (χ1n) is 8.06. The maximum Gasteiger partial charge on any atom is 0.317 e. The second-order valence-electron chi connectivity index (χ2n) is 5.74. The molecular formula is C17H27N3O. The summed E-state index contributed by atoms with van der Waals surface area (Å²) in [6.07, 6.45) is 5.76. The number of nitrogens with one attached hydrogen (secondary N) is 1. The molecule has 1 N–H and O–H groups in total. The number of urea groups is 1. The van der Waals surface area contributed by atoms with Crippen molar-refractivity contribution in [1.82, 2.24) is 10.2 Å².